The molecule has 0 amide bonds. The molecule has 1 N–H and O–H groups in total. The molecule has 0 atom stereocenters. The maximum Gasteiger partial charge on any atom is 0.0683 e. The number of aromatic nitrogens is 2. The minimum absolute atomic E-state index is 0.650. The van der Waals surface area contributed by atoms with Crippen molar-refractivity contribution in [2.45, 2.75) is 20.0 Å². The topological polar surface area (TPSA) is 29.9 Å². The highest BCUT2D eigenvalue weighted by molar-refractivity contribution is 6.35. The molecule has 3 rings (SSSR count). The standard InChI is InChI=1S/C16H15Cl2N3/c1-2-21-16-6-5-14(7-12(16)10-20-21)19-9-11-3-4-13(17)8-15(11)18/h3-8,10,19H,2,9H2,1H3. The summed E-state index contributed by atoms with van der Waals surface area (Å²) in [7, 11) is 0. The van der Waals surface area contributed by atoms with Gasteiger partial charge in [-0.3, -0.25) is 4.68 Å². The number of benzene rings is 2. The molecule has 3 nitrogen and oxygen atoms in total. The molecule has 0 unspecified atom stereocenters. The van der Waals surface area contributed by atoms with Gasteiger partial charge in [0.05, 0.1) is 11.7 Å². The molecule has 1 aromatic heterocycles. The summed E-state index contributed by atoms with van der Waals surface area (Å²) in [6.07, 6.45) is 1.89. The number of nitrogens with one attached hydrogen (secondary N) is 1. The Labute approximate surface area is 133 Å². The zero-order valence-corrected chi connectivity index (χ0v) is 13.1. The number of nitrogens with zero attached hydrogens (tertiary/aromatic N) is 2. The summed E-state index contributed by atoms with van der Waals surface area (Å²) in [6.45, 7) is 3.61. The van der Waals surface area contributed by atoms with E-state index in [0.717, 1.165) is 28.7 Å². The van der Waals surface area contributed by atoms with Gasteiger partial charge >= 0.3 is 0 Å². The van der Waals surface area contributed by atoms with Gasteiger partial charge < -0.3 is 5.32 Å². The third kappa shape index (κ3) is 2.99. The molecule has 0 bridgehead atoms. The first kappa shape index (κ1) is 14.2. The largest absolute Gasteiger partial charge is 0.381 e. The van der Waals surface area contributed by atoms with E-state index in [-0.39, 0.29) is 0 Å². The number of rotatable bonds is 4. The second kappa shape index (κ2) is 5.96. The molecular formula is C16H15Cl2N3. The number of fused-ring (bicyclic) bond motifs is 1. The highest BCUT2D eigenvalue weighted by atomic mass is 35.5. The van der Waals surface area contributed by atoms with Crippen LogP contribution in [-0.4, -0.2) is 9.78 Å². The van der Waals surface area contributed by atoms with E-state index in [2.05, 4.69) is 35.5 Å². The molecule has 2 aromatic carbocycles. The maximum absolute atomic E-state index is 6.18. The van der Waals surface area contributed by atoms with Crippen LogP contribution in [0.4, 0.5) is 5.69 Å². The van der Waals surface area contributed by atoms with Crippen LogP contribution in [0.25, 0.3) is 10.9 Å². The Kier molecular flexibility index (Phi) is 4.04. The fourth-order valence-electron chi connectivity index (χ4n) is 2.31. The van der Waals surface area contributed by atoms with Crippen LogP contribution in [0.5, 0.6) is 0 Å². The molecule has 0 aliphatic heterocycles. The minimum Gasteiger partial charge on any atom is -0.381 e. The van der Waals surface area contributed by atoms with Crippen molar-refractivity contribution < 1.29 is 0 Å². The Morgan fingerprint density at radius 2 is 2.00 bits per heavy atom. The predicted octanol–water partition coefficient (Wildman–Crippen LogP) is 4.98. The summed E-state index contributed by atoms with van der Waals surface area (Å²) >= 11 is 12.1. The predicted molar refractivity (Wildman–Crippen MR) is 89.2 cm³/mol. The molecule has 0 spiro atoms. The third-order valence-electron chi connectivity index (χ3n) is 3.44. The van der Waals surface area contributed by atoms with Crippen molar-refractivity contribution in [1.82, 2.24) is 9.78 Å². The summed E-state index contributed by atoms with van der Waals surface area (Å²) < 4.78 is 1.98. The second-order valence-electron chi connectivity index (χ2n) is 4.82. The lowest BCUT2D eigenvalue weighted by Gasteiger charge is -2.09. The monoisotopic (exact) mass is 319 g/mol. The van der Waals surface area contributed by atoms with Gasteiger partial charge in [-0.15, -0.1) is 0 Å². The minimum atomic E-state index is 0.650. The smallest absolute Gasteiger partial charge is 0.0683 e. The van der Waals surface area contributed by atoms with Crippen LogP contribution in [0.15, 0.2) is 42.6 Å². The number of hydrogen-bond acceptors (Lipinski definition) is 2. The van der Waals surface area contributed by atoms with E-state index in [0.29, 0.717) is 16.6 Å². The molecular weight excluding hydrogens is 305 g/mol. The van der Waals surface area contributed by atoms with Crippen molar-refractivity contribution >= 4 is 39.8 Å². The molecule has 0 aliphatic rings. The van der Waals surface area contributed by atoms with Crippen LogP contribution in [0.3, 0.4) is 0 Å². The number of hydrogen-bond donors (Lipinski definition) is 1. The van der Waals surface area contributed by atoms with E-state index in [4.69, 9.17) is 23.2 Å². The van der Waals surface area contributed by atoms with E-state index in [9.17, 15) is 0 Å². The first-order valence-corrected chi connectivity index (χ1v) is 7.56. The Bertz CT molecular complexity index is 780. The summed E-state index contributed by atoms with van der Waals surface area (Å²) in [5.41, 5.74) is 3.21. The summed E-state index contributed by atoms with van der Waals surface area (Å²) in [5.74, 6) is 0. The van der Waals surface area contributed by atoms with Gasteiger partial charge in [-0.05, 0) is 42.8 Å². The Hall–Kier alpha value is -1.71. The Morgan fingerprint density at radius 1 is 1.14 bits per heavy atom. The van der Waals surface area contributed by atoms with Crippen molar-refractivity contribution in [3.63, 3.8) is 0 Å². The lowest BCUT2D eigenvalue weighted by Crippen LogP contribution is -2.00. The SMILES string of the molecule is CCn1ncc2cc(NCc3ccc(Cl)cc3Cl)ccc21. The summed E-state index contributed by atoms with van der Waals surface area (Å²) in [5, 5.41) is 10.2. The molecule has 108 valence electrons. The summed E-state index contributed by atoms with van der Waals surface area (Å²) in [6, 6.07) is 11.8. The van der Waals surface area contributed by atoms with E-state index in [1.807, 2.05) is 23.0 Å². The number of anilines is 1. The highest BCUT2D eigenvalue weighted by Gasteiger charge is 2.04. The van der Waals surface area contributed by atoms with Gasteiger partial charge in [0.25, 0.3) is 0 Å². The first-order chi connectivity index (χ1) is 10.2. The Morgan fingerprint density at radius 3 is 2.76 bits per heavy atom. The van der Waals surface area contributed by atoms with Crippen molar-refractivity contribution in [1.29, 1.82) is 0 Å². The van der Waals surface area contributed by atoms with Gasteiger partial charge in [-0.25, -0.2) is 0 Å². The first-order valence-electron chi connectivity index (χ1n) is 6.80. The van der Waals surface area contributed by atoms with Crippen LogP contribution in [0, 0.1) is 0 Å². The van der Waals surface area contributed by atoms with Crippen molar-refractivity contribution in [2.24, 2.45) is 0 Å². The highest BCUT2D eigenvalue weighted by Crippen LogP contribution is 2.23. The van der Waals surface area contributed by atoms with E-state index < -0.39 is 0 Å². The third-order valence-corrected chi connectivity index (χ3v) is 4.03. The molecule has 21 heavy (non-hydrogen) atoms. The molecule has 0 saturated heterocycles. The second-order valence-corrected chi connectivity index (χ2v) is 5.67. The molecule has 0 radical (unpaired) electrons. The molecule has 5 heteroatoms. The van der Waals surface area contributed by atoms with Crippen LogP contribution in [0.2, 0.25) is 10.0 Å². The number of aryl methyl sites for hydroxylation is 1. The average molecular weight is 320 g/mol. The van der Waals surface area contributed by atoms with Gasteiger partial charge in [0.1, 0.15) is 0 Å². The fourth-order valence-corrected chi connectivity index (χ4v) is 2.79. The van der Waals surface area contributed by atoms with Gasteiger partial charge in [-0.1, -0.05) is 29.3 Å². The van der Waals surface area contributed by atoms with Crippen LogP contribution in [0.1, 0.15) is 12.5 Å². The van der Waals surface area contributed by atoms with E-state index in [1.165, 1.54) is 0 Å². The number of halogens is 2. The van der Waals surface area contributed by atoms with Gasteiger partial charge in [0.2, 0.25) is 0 Å². The Balaban J connectivity index is 1.78. The van der Waals surface area contributed by atoms with E-state index in [1.54, 1.807) is 6.07 Å². The lowest BCUT2D eigenvalue weighted by molar-refractivity contribution is 0.684. The van der Waals surface area contributed by atoms with E-state index >= 15 is 0 Å². The van der Waals surface area contributed by atoms with Crippen molar-refractivity contribution in [3.05, 3.63) is 58.2 Å². The zero-order chi connectivity index (χ0) is 14.8. The molecule has 0 saturated carbocycles. The van der Waals surface area contributed by atoms with Crippen LogP contribution >= 0.6 is 23.2 Å². The quantitative estimate of drug-likeness (QED) is 0.735. The zero-order valence-electron chi connectivity index (χ0n) is 11.6. The van der Waals surface area contributed by atoms with Gasteiger partial charge in [0.15, 0.2) is 0 Å². The lowest BCUT2D eigenvalue weighted by atomic mass is 10.2. The molecule has 3 aromatic rings. The van der Waals surface area contributed by atoms with Gasteiger partial charge in [0, 0.05) is 34.2 Å². The normalized spacial score (nSPS) is 11.0. The van der Waals surface area contributed by atoms with Gasteiger partial charge in [-0.2, -0.15) is 5.10 Å². The molecule has 1 heterocycles. The van der Waals surface area contributed by atoms with Crippen molar-refractivity contribution in [3.8, 4) is 0 Å². The van der Waals surface area contributed by atoms with Crippen LogP contribution < -0.4 is 5.32 Å². The molecule has 0 fully saturated rings. The maximum atomic E-state index is 6.18. The van der Waals surface area contributed by atoms with Crippen molar-refractivity contribution in [2.75, 3.05) is 5.32 Å². The molecule has 0 aliphatic carbocycles. The fraction of sp³-hybridized carbons (Fsp3) is 0.188. The average Bonchev–Trinajstić information content (AvgIpc) is 2.88. The van der Waals surface area contributed by atoms with Crippen LogP contribution in [-0.2, 0) is 13.1 Å². The summed E-state index contributed by atoms with van der Waals surface area (Å²) in [4.78, 5) is 0.